The average molecular weight is 455 g/mol. The Labute approximate surface area is 184 Å². The molecule has 0 aliphatic heterocycles. The van der Waals surface area contributed by atoms with E-state index in [1.807, 2.05) is 0 Å². The van der Waals surface area contributed by atoms with Gasteiger partial charge in [-0.25, -0.2) is 0 Å². The SMILES string of the molecule is COc1ccc(C=CC(=O)NC(=S)NCCOc2cccc(Cl)c2Cl)cc1OC. The fourth-order valence-corrected chi connectivity index (χ4v) is 2.80. The number of hydrogen-bond donors (Lipinski definition) is 2. The maximum atomic E-state index is 12.0. The van der Waals surface area contributed by atoms with E-state index in [2.05, 4.69) is 10.6 Å². The standard InChI is InChI=1S/C20H20Cl2N2O4S/c1-26-15-8-6-13(12-17(15)27-2)7-9-18(25)24-20(29)23-10-11-28-16-5-3-4-14(21)19(16)22/h3-9,12H,10-11H2,1-2H3,(H2,23,24,25,29). The third-order valence-corrected chi connectivity index (χ3v) is 4.68. The molecule has 9 heteroatoms. The Balaban J connectivity index is 1.76. The van der Waals surface area contributed by atoms with Crippen molar-refractivity contribution in [3.05, 3.63) is 58.1 Å². The second-order valence-electron chi connectivity index (χ2n) is 5.59. The number of ether oxygens (including phenoxy) is 3. The minimum atomic E-state index is -0.365. The molecule has 2 rings (SSSR count). The number of rotatable bonds is 8. The summed E-state index contributed by atoms with van der Waals surface area (Å²) >= 11 is 17.1. The van der Waals surface area contributed by atoms with Crippen molar-refractivity contribution in [1.82, 2.24) is 10.6 Å². The van der Waals surface area contributed by atoms with Crippen molar-refractivity contribution in [3.8, 4) is 17.2 Å². The molecule has 0 saturated carbocycles. The quantitative estimate of drug-likeness (QED) is 0.355. The molecule has 2 N–H and O–H groups in total. The monoisotopic (exact) mass is 454 g/mol. The van der Waals surface area contributed by atoms with Crippen LogP contribution >= 0.6 is 35.4 Å². The van der Waals surface area contributed by atoms with Crippen LogP contribution in [0.3, 0.4) is 0 Å². The number of amides is 1. The second kappa shape index (κ2) is 11.5. The fraction of sp³-hybridized carbons (Fsp3) is 0.200. The van der Waals surface area contributed by atoms with Gasteiger partial charge in [0.05, 0.1) is 25.8 Å². The van der Waals surface area contributed by atoms with Crippen LogP contribution in [-0.4, -0.2) is 38.4 Å². The summed E-state index contributed by atoms with van der Waals surface area (Å²) in [4.78, 5) is 12.0. The molecular weight excluding hydrogens is 435 g/mol. The zero-order valence-electron chi connectivity index (χ0n) is 15.8. The number of carbonyl (C=O) groups is 1. The lowest BCUT2D eigenvalue weighted by atomic mass is 10.2. The summed E-state index contributed by atoms with van der Waals surface area (Å²) in [5.41, 5.74) is 0.781. The Hall–Kier alpha value is -2.48. The highest BCUT2D eigenvalue weighted by molar-refractivity contribution is 7.80. The zero-order chi connectivity index (χ0) is 21.2. The maximum absolute atomic E-state index is 12.0. The van der Waals surface area contributed by atoms with Crippen molar-refractivity contribution < 1.29 is 19.0 Å². The normalized spacial score (nSPS) is 10.5. The lowest BCUT2D eigenvalue weighted by Crippen LogP contribution is -2.40. The molecule has 1 amide bonds. The van der Waals surface area contributed by atoms with Crippen LogP contribution < -0.4 is 24.8 Å². The van der Waals surface area contributed by atoms with E-state index in [4.69, 9.17) is 49.6 Å². The van der Waals surface area contributed by atoms with Gasteiger partial charge in [-0.3, -0.25) is 10.1 Å². The Bertz CT molecular complexity index is 906. The van der Waals surface area contributed by atoms with Crippen LogP contribution in [0.25, 0.3) is 6.08 Å². The highest BCUT2D eigenvalue weighted by Gasteiger charge is 2.06. The molecule has 0 saturated heterocycles. The van der Waals surface area contributed by atoms with Gasteiger partial charge in [0.2, 0.25) is 5.91 Å². The Kier molecular flexibility index (Phi) is 9.05. The van der Waals surface area contributed by atoms with Gasteiger partial charge in [0, 0.05) is 6.08 Å². The number of carbonyl (C=O) groups excluding carboxylic acids is 1. The second-order valence-corrected chi connectivity index (χ2v) is 6.79. The first-order valence-electron chi connectivity index (χ1n) is 8.50. The van der Waals surface area contributed by atoms with Crippen molar-refractivity contribution >= 4 is 52.5 Å². The molecular formula is C20H20Cl2N2O4S. The van der Waals surface area contributed by atoms with Crippen LogP contribution in [0.15, 0.2) is 42.5 Å². The fourth-order valence-electron chi connectivity index (χ4n) is 2.25. The lowest BCUT2D eigenvalue weighted by Gasteiger charge is -2.11. The van der Waals surface area contributed by atoms with E-state index in [0.29, 0.717) is 33.8 Å². The molecule has 154 valence electrons. The molecule has 0 aliphatic carbocycles. The summed E-state index contributed by atoms with van der Waals surface area (Å²) in [5, 5.41) is 6.39. The number of halogens is 2. The van der Waals surface area contributed by atoms with Crippen molar-refractivity contribution in [1.29, 1.82) is 0 Å². The van der Waals surface area contributed by atoms with Gasteiger partial charge in [0.25, 0.3) is 0 Å². The molecule has 0 spiro atoms. The molecule has 2 aromatic carbocycles. The van der Waals surface area contributed by atoms with Gasteiger partial charge in [0.15, 0.2) is 16.6 Å². The Morgan fingerprint density at radius 3 is 2.59 bits per heavy atom. The molecule has 0 unspecified atom stereocenters. The molecule has 2 aromatic rings. The number of methoxy groups -OCH3 is 2. The number of hydrogen-bond acceptors (Lipinski definition) is 5. The highest BCUT2D eigenvalue weighted by atomic mass is 35.5. The average Bonchev–Trinajstić information content (AvgIpc) is 2.72. The number of nitrogens with one attached hydrogen (secondary N) is 2. The molecule has 0 radical (unpaired) electrons. The van der Waals surface area contributed by atoms with E-state index in [9.17, 15) is 4.79 Å². The summed E-state index contributed by atoms with van der Waals surface area (Å²) in [6.07, 6.45) is 3.02. The molecule has 6 nitrogen and oxygen atoms in total. The van der Waals surface area contributed by atoms with Crippen LogP contribution in [0.4, 0.5) is 0 Å². The molecule has 0 bridgehead atoms. The maximum Gasteiger partial charge on any atom is 0.250 e. The molecule has 0 atom stereocenters. The van der Waals surface area contributed by atoms with Gasteiger partial charge in [-0.05, 0) is 48.1 Å². The smallest absolute Gasteiger partial charge is 0.250 e. The van der Waals surface area contributed by atoms with Gasteiger partial charge >= 0.3 is 0 Å². The van der Waals surface area contributed by atoms with E-state index < -0.39 is 0 Å². The largest absolute Gasteiger partial charge is 0.493 e. The van der Waals surface area contributed by atoms with E-state index in [1.54, 1.807) is 56.7 Å². The molecule has 0 aliphatic rings. The van der Waals surface area contributed by atoms with E-state index in [0.717, 1.165) is 5.56 Å². The van der Waals surface area contributed by atoms with Crippen molar-refractivity contribution in [2.75, 3.05) is 27.4 Å². The first-order chi connectivity index (χ1) is 13.9. The van der Waals surface area contributed by atoms with Crippen LogP contribution in [0.5, 0.6) is 17.2 Å². The summed E-state index contributed by atoms with van der Waals surface area (Å²) in [6, 6.07) is 10.5. The minimum Gasteiger partial charge on any atom is -0.493 e. The lowest BCUT2D eigenvalue weighted by molar-refractivity contribution is -0.115. The zero-order valence-corrected chi connectivity index (χ0v) is 18.2. The van der Waals surface area contributed by atoms with Crippen molar-refractivity contribution in [3.63, 3.8) is 0 Å². The Morgan fingerprint density at radius 1 is 1.10 bits per heavy atom. The summed E-state index contributed by atoms with van der Waals surface area (Å²) in [6.45, 7) is 0.666. The topological polar surface area (TPSA) is 68.8 Å². The van der Waals surface area contributed by atoms with Gasteiger partial charge in [-0.15, -0.1) is 0 Å². The Morgan fingerprint density at radius 2 is 1.86 bits per heavy atom. The van der Waals surface area contributed by atoms with E-state index >= 15 is 0 Å². The molecule has 0 aromatic heterocycles. The van der Waals surface area contributed by atoms with Crippen molar-refractivity contribution in [2.45, 2.75) is 0 Å². The van der Waals surface area contributed by atoms with Crippen LogP contribution in [0, 0.1) is 0 Å². The first-order valence-corrected chi connectivity index (χ1v) is 9.66. The van der Waals surface area contributed by atoms with Gasteiger partial charge in [-0.1, -0.05) is 35.3 Å². The third kappa shape index (κ3) is 7.12. The number of benzene rings is 2. The summed E-state index contributed by atoms with van der Waals surface area (Å²) in [7, 11) is 3.11. The van der Waals surface area contributed by atoms with E-state index in [1.165, 1.54) is 6.08 Å². The minimum absolute atomic E-state index is 0.188. The van der Waals surface area contributed by atoms with Crippen LogP contribution in [0.2, 0.25) is 10.0 Å². The third-order valence-electron chi connectivity index (χ3n) is 3.63. The number of thiocarbonyl (C=S) groups is 1. The van der Waals surface area contributed by atoms with Gasteiger partial charge in [-0.2, -0.15) is 0 Å². The molecule has 29 heavy (non-hydrogen) atoms. The van der Waals surface area contributed by atoms with Crippen molar-refractivity contribution in [2.24, 2.45) is 0 Å². The summed E-state index contributed by atoms with van der Waals surface area (Å²) in [5.74, 6) is 1.30. The molecule has 0 heterocycles. The summed E-state index contributed by atoms with van der Waals surface area (Å²) < 4.78 is 15.9. The van der Waals surface area contributed by atoms with Crippen LogP contribution in [-0.2, 0) is 4.79 Å². The predicted octanol–water partition coefficient (Wildman–Crippen LogP) is 4.09. The predicted molar refractivity (Wildman–Crippen MR) is 119 cm³/mol. The first kappa shape index (κ1) is 22.8. The van der Waals surface area contributed by atoms with Gasteiger partial charge in [0.1, 0.15) is 17.4 Å². The molecule has 0 fully saturated rings. The van der Waals surface area contributed by atoms with Gasteiger partial charge < -0.3 is 19.5 Å². The highest BCUT2D eigenvalue weighted by Crippen LogP contribution is 2.31. The van der Waals surface area contributed by atoms with E-state index in [-0.39, 0.29) is 17.6 Å². The van der Waals surface area contributed by atoms with Crippen LogP contribution in [0.1, 0.15) is 5.56 Å².